The minimum atomic E-state index is -0.0578. The van der Waals surface area contributed by atoms with E-state index >= 15 is 0 Å². The van der Waals surface area contributed by atoms with Crippen molar-refractivity contribution in [3.05, 3.63) is 0 Å². The first-order chi connectivity index (χ1) is 5.31. The van der Waals surface area contributed by atoms with Gasteiger partial charge in [0.15, 0.2) is 0 Å². The summed E-state index contributed by atoms with van der Waals surface area (Å²) in [6, 6.07) is 0. The third-order valence-corrected chi connectivity index (χ3v) is 1.43. The SMILES string of the molecule is O=C(CBr)NCCOCCO. The van der Waals surface area contributed by atoms with Crippen molar-refractivity contribution in [3.8, 4) is 0 Å². The number of aliphatic hydroxyl groups excluding tert-OH is 1. The zero-order valence-electron chi connectivity index (χ0n) is 6.18. The highest BCUT2D eigenvalue weighted by molar-refractivity contribution is 9.09. The Balaban J connectivity index is 2.95. The molecule has 0 aliphatic carbocycles. The number of hydrogen-bond donors (Lipinski definition) is 2. The van der Waals surface area contributed by atoms with Crippen LogP contribution in [-0.4, -0.2) is 42.7 Å². The molecule has 0 fully saturated rings. The molecule has 0 aliphatic heterocycles. The Morgan fingerprint density at radius 1 is 1.55 bits per heavy atom. The largest absolute Gasteiger partial charge is 0.394 e. The van der Waals surface area contributed by atoms with E-state index in [1.54, 1.807) is 0 Å². The highest BCUT2D eigenvalue weighted by Crippen LogP contribution is 1.78. The second kappa shape index (κ2) is 7.97. The molecule has 0 aromatic heterocycles. The van der Waals surface area contributed by atoms with Gasteiger partial charge in [-0.3, -0.25) is 4.79 Å². The molecule has 0 saturated carbocycles. The van der Waals surface area contributed by atoms with Crippen LogP contribution in [0.1, 0.15) is 0 Å². The van der Waals surface area contributed by atoms with E-state index in [1.807, 2.05) is 0 Å². The molecular formula is C6H12BrNO3. The number of aliphatic hydroxyl groups is 1. The average molecular weight is 226 g/mol. The highest BCUT2D eigenvalue weighted by atomic mass is 79.9. The van der Waals surface area contributed by atoms with Gasteiger partial charge in [0.2, 0.25) is 5.91 Å². The standard InChI is InChI=1S/C6H12BrNO3/c7-5-6(10)8-1-3-11-4-2-9/h9H,1-5H2,(H,8,10). The van der Waals surface area contributed by atoms with Gasteiger partial charge >= 0.3 is 0 Å². The quantitative estimate of drug-likeness (QED) is 0.474. The van der Waals surface area contributed by atoms with Gasteiger partial charge in [0.1, 0.15) is 0 Å². The first-order valence-corrected chi connectivity index (χ1v) is 4.44. The molecule has 0 heterocycles. The van der Waals surface area contributed by atoms with Crippen LogP contribution in [0.3, 0.4) is 0 Å². The molecule has 0 radical (unpaired) electrons. The van der Waals surface area contributed by atoms with Crippen molar-refractivity contribution in [3.63, 3.8) is 0 Å². The van der Waals surface area contributed by atoms with E-state index in [1.165, 1.54) is 0 Å². The number of nitrogens with one attached hydrogen (secondary N) is 1. The number of carbonyl (C=O) groups is 1. The Morgan fingerprint density at radius 2 is 2.27 bits per heavy atom. The smallest absolute Gasteiger partial charge is 0.230 e. The summed E-state index contributed by atoms with van der Waals surface area (Å²) in [6.07, 6.45) is 0. The van der Waals surface area contributed by atoms with E-state index in [9.17, 15) is 4.79 Å². The zero-order chi connectivity index (χ0) is 8.53. The molecule has 1 amide bonds. The molecule has 0 rings (SSSR count). The van der Waals surface area contributed by atoms with E-state index in [0.29, 0.717) is 25.1 Å². The lowest BCUT2D eigenvalue weighted by atomic mass is 10.6. The summed E-state index contributed by atoms with van der Waals surface area (Å²) >= 11 is 3.00. The number of hydrogen-bond acceptors (Lipinski definition) is 3. The maximum absolute atomic E-state index is 10.6. The van der Waals surface area contributed by atoms with Gasteiger partial charge < -0.3 is 15.2 Å². The number of halogens is 1. The highest BCUT2D eigenvalue weighted by Gasteiger charge is 1.94. The molecule has 4 nitrogen and oxygen atoms in total. The molecule has 66 valence electrons. The van der Waals surface area contributed by atoms with Crippen molar-refractivity contribution in [2.75, 3.05) is 31.7 Å². The molecule has 0 atom stereocenters. The van der Waals surface area contributed by atoms with Crippen LogP contribution < -0.4 is 5.32 Å². The van der Waals surface area contributed by atoms with Crippen LogP contribution in [0.25, 0.3) is 0 Å². The molecule has 0 spiro atoms. The molecule has 0 aromatic rings. The maximum Gasteiger partial charge on any atom is 0.230 e. The second-order valence-corrected chi connectivity index (χ2v) is 2.38. The molecule has 0 aromatic carbocycles. The summed E-state index contributed by atoms with van der Waals surface area (Å²) in [5.41, 5.74) is 0. The van der Waals surface area contributed by atoms with Crippen molar-refractivity contribution in [1.82, 2.24) is 5.32 Å². The Labute approximate surface area is 74.1 Å². The van der Waals surface area contributed by atoms with E-state index in [4.69, 9.17) is 9.84 Å². The first kappa shape index (κ1) is 10.9. The van der Waals surface area contributed by atoms with Gasteiger partial charge in [-0.15, -0.1) is 0 Å². The average Bonchev–Trinajstić information content (AvgIpc) is 2.04. The molecule has 0 bridgehead atoms. The minimum absolute atomic E-state index is 0.0202. The van der Waals surface area contributed by atoms with Crippen LogP contribution in [0.4, 0.5) is 0 Å². The monoisotopic (exact) mass is 225 g/mol. The van der Waals surface area contributed by atoms with Gasteiger partial charge in [-0.05, 0) is 0 Å². The molecular weight excluding hydrogens is 214 g/mol. The normalized spacial score (nSPS) is 9.64. The van der Waals surface area contributed by atoms with Crippen molar-refractivity contribution in [2.24, 2.45) is 0 Å². The Kier molecular flexibility index (Phi) is 7.88. The predicted molar refractivity (Wildman–Crippen MR) is 44.7 cm³/mol. The third kappa shape index (κ3) is 7.77. The van der Waals surface area contributed by atoms with Crippen LogP contribution in [0, 0.1) is 0 Å². The van der Waals surface area contributed by atoms with Crippen molar-refractivity contribution < 1.29 is 14.6 Å². The summed E-state index contributed by atoms with van der Waals surface area (Å²) in [6.45, 7) is 1.28. The molecule has 0 unspecified atom stereocenters. The van der Waals surface area contributed by atoms with Crippen LogP contribution in [0.15, 0.2) is 0 Å². The van der Waals surface area contributed by atoms with E-state index in [2.05, 4.69) is 21.2 Å². The maximum atomic E-state index is 10.6. The molecule has 0 saturated heterocycles. The van der Waals surface area contributed by atoms with E-state index in [-0.39, 0.29) is 12.5 Å². The molecule has 5 heteroatoms. The second-order valence-electron chi connectivity index (χ2n) is 1.82. The van der Waals surface area contributed by atoms with Crippen LogP contribution in [0.2, 0.25) is 0 Å². The number of amides is 1. The minimum Gasteiger partial charge on any atom is -0.394 e. The fourth-order valence-corrected chi connectivity index (χ4v) is 0.675. The summed E-state index contributed by atoms with van der Waals surface area (Å²) in [4.78, 5) is 10.6. The predicted octanol–water partition coefficient (Wildman–Crippen LogP) is -0.494. The van der Waals surface area contributed by atoms with Gasteiger partial charge in [0.25, 0.3) is 0 Å². The number of ether oxygens (including phenoxy) is 1. The van der Waals surface area contributed by atoms with E-state index < -0.39 is 0 Å². The fraction of sp³-hybridized carbons (Fsp3) is 0.833. The van der Waals surface area contributed by atoms with Crippen LogP contribution in [-0.2, 0) is 9.53 Å². The number of alkyl halides is 1. The van der Waals surface area contributed by atoms with Gasteiger partial charge in [-0.1, -0.05) is 15.9 Å². The fourth-order valence-electron chi connectivity index (χ4n) is 0.476. The topological polar surface area (TPSA) is 58.6 Å². The van der Waals surface area contributed by atoms with Crippen molar-refractivity contribution in [1.29, 1.82) is 0 Å². The lowest BCUT2D eigenvalue weighted by molar-refractivity contribution is -0.118. The van der Waals surface area contributed by atoms with Gasteiger partial charge in [0.05, 0.1) is 25.2 Å². The number of carbonyl (C=O) groups excluding carboxylic acids is 1. The molecule has 2 N–H and O–H groups in total. The van der Waals surface area contributed by atoms with E-state index in [0.717, 1.165) is 0 Å². The Hall–Kier alpha value is -0.130. The molecule has 0 aliphatic rings. The van der Waals surface area contributed by atoms with Crippen molar-refractivity contribution in [2.45, 2.75) is 0 Å². The summed E-state index contributed by atoms with van der Waals surface area (Å²) in [7, 11) is 0. The van der Waals surface area contributed by atoms with Crippen LogP contribution >= 0.6 is 15.9 Å². The van der Waals surface area contributed by atoms with Crippen LogP contribution in [0.5, 0.6) is 0 Å². The first-order valence-electron chi connectivity index (χ1n) is 3.32. The van der Waals surface area contributed by atoms with Gasteiger partial charge in [-0.25, -0.2) is 0 Å². The van der Waals surface area contributed by atoms with Gasteiger partial charge in [0, 0.05) is 6.54 Å². The lowest BCUT2D eigenvalue weighted by Crippen LogP contribution is -2.28. The summed E-state index contributed by atoms with van der Waals surface area (Å²) < 4.78 is 4.90. The van der Waals surface area contributed by atoms with Crippen molar-refractivity contribution >= 4 is 21.8 Å². The zero-order valence-corrected chi connectivity index (χ0v) is 7.76. The summed E-state index contributed by atoms with van der Waals surface area (Å²) in [5, 5.41) is 11.2. The Bertz CT molecular complexity index is 110. The lowest BCUT2D eigenvalue weighted by Gasteiger charge is -2.02. The van der Waals surface area contributed by atoms with Gasteiger partial charge in [-0.2, -0.15) is 0 Å². The Morgan fingerprint density at radius 3 is 2.82 bits per heavy atom. The molecule has 11 heavy (non-hydrogen) atoms. The summed E-state index contributed by atoms with van der Waals surface area (Å²) in [5.74, 6) is -0.0578. The number of rotatable bonds is 6. The third-order valence-electron chi connectivity index (χ3n) is 0.926.